The van der Waals surface area contributed by atoms with Gasteiger partial charge in [0.1, 0.15) is 6.33 Å². The van der Waals surface area contributed by atoms with Crippen molar-refractivity contribution in [3.8, 4) is 11.6 Å². The van der Waals surface area contributed by atoms with Gasteiger partial charge in [-0.15, -0.1) is 0 Å². The molecule has 2 N–H and O–H groups in total. The molecule has 0 aliphatic rings. The molecule has 7 heteroatoms. The summed E-state index contributed by atoms with van der Waals surface area (Å²) in [4.78, 5) is 7.97. The van der Waals surface area contributed by atoms with Crippen molar-refractivity contribution in [3.05, 3.63) is 48.1 Å². The zero-order valence-corrected chi connectivity index (χ0v) is 9.19. The fourth-order valence-corrected chi connectivity index (χ4v) is 1.53. The molecule has 0 saturated heterocycles. The van der Waals surface area contributed by atoms with Gasteiger partial charge in [0.15, 0.2) is 11.9 Å². The number of aromatic nitrogens is 5. The van der Waals surface area contributed by atoms with Gasteiger partial charge in [0.05, 0.1) is 0 Å². The summed E-state index contributed by atoms with van der Waals surface area (Å²) in [5, 5.41) is 20.1. The Morgan fingerprint density at radius 2 is 2.06 bits per heavy atom. The van der Waals surface area contributed by atoms with Crippen LogP contribution in [0.3, 0.4) is 0 Å². The van der Waals surface area contributed by atoms with Gasteiger partial charge < -0.3 is 9.63 Å². The highest BCUT2D eigenvalue weighted by Crippen LogP contribution is 2.21. The summed E-state index contributed by atoms with van der Waals surface area (Å²) in [5.74, 6) is 0.773. The van der Waals surface area contributed by atoms with Crippen molar-refractivity contribution in [2.45, 2.75) is 6.10 Å². The molecule has 0 aliphatic carbocycles. The molecule has 90 valence electrons. The van der Waals surface area contributed by atoms with Crippen molar-refractivity contribution in [2.24, 2.45) is 0 Å². The van der Waals surface area contributed by atoms with Crippen LogP contribution < -0.4 is 0 Å². The molecule has 7 nitrogen and oxygen atoms in total. The summed E-state index contributed by atoms with van der Waals surface area (Å²) in [6.45, 7) is 0. The van der Waals surface area contributed by atoms with Gasteiger partial charge in [-0.3, -0.25) is 5.10 Å². The second-order valence-electron chi connectivity index (χ2n) is 3.60. The molecule has 18 heavy (non-hydrogen) atoms. The molecule has 1 unspecified atom stereocenters. The molecular weight excluding hydrogens is 234 g/mol. The number of hydrogen-bond acceptors (Lipinski definition) is 6. The van der Waals surface area contributed by atoms with Gasteiger partial charge in [-0.25, -0.2) is 4.98 Å². The van der Waals surface area contributed by atoms with Crippen molar-refractivity contribution < 1.29 is 9.63 Å². The van der Waals surface area contributed by atoms with E-state index in [-0.39, 0.29) is 11.7 Å². The SMILES string of the molecule is OC(c1ccccc1)c1nc(-c2ncn[nH]2)no1. The molecule has 1 atom stereocenters. The molecule has 0 bridgehead atoms. The zero-order chi connectivity index (χ0) is 12.4. The maximum absolute atomic E-state index is 10.1. The highest BCUT2D eigenvalue weighted by Gasteiger charge is 2.19. The first kappa shape index (κ1) is 10.6. The van der Waals surface area contributed by atoms with Crippen molar-refractivity contribution in [1.29, 1.82) is 0 Å². The lowest BCUT2D eigenvalue weighted by Crippen LogP contribution is -1.99. The molecule has 0 amide bonds. The third-order valence-electron chi connectivity index (χ3n) is 2.42. The molecule has 3 aromatic rings. The molecule has 0 aliphatic heterocycles. The minimum Gasteiger partial charge on any atom is -0.378 e. The molecule has 3 rings (SSSR count). The van der Waals surface area contributed by atoms with E-state index in [0.29, 0.717) is 11.4 Å². The number of H-pyrrole nitrogens is 1. The minimum absolute atomic E-state index is 0.118. The van der Waals surface area contributed by atoms with Crippen LogP contribution in [-0.2, 0) is 0 Å². The van der Waals surface area contributed by atoms with Crippen LogP contribution in [0.15, 0.2) is 41.2 Å². The predicted molar refractivity (Wildman–Crippen MR) is 60.2 cm³/mol. The predicted octanol–water partition coefficient (Wildman–Crippen LogP) is 0.936. The van der Waals surface area contributed by atoms with Gasteiger partial charge in [0.2, 0.25) is 5.82 Å². The Labute approximate surface area is 102 Å². The van der Waals surface area contributed by atoms with E-state index in [1.54, 1.807) is 12.1 Å². The second-order valence-corrected chi connectivity index (χ2v) is 3.60. The van der Waals surface area contributed by atoms with Crippen LogP contribution in [0.1, 0.15) is 17.6 Å². The fourth-order valence-electron chi connectivity index (χ4n) is 1.53. The number of benzene rings is 1. The normalized spacial score (nSPS) is 12.5. The smallest absolute Gasteiger partial charge is 0.260 e. The Morgan fingerprint density at radius 1 is 1.22 bits per heavy atom. The highest BCUT2D eigenvalue weighted by molar-refractivity contribution is 5.40. The van der Waals surface area contributed by atoms with Gasteiger partial charge in [-0.05, 0) is 5.56 Å². The summed E-state index contributed by atoms with van der Waals surface area (Å²) in [6.07, 6.45) is 0.397. The third kappa shape index (κ3) is 1.87. The molecule has 0 radical (unpaired) electrons. The monoisotopic (exact) mass is 243 g/mol. The van der Waals surface area contributed by atoms with Crippen LogP contribution in [0.2, 0.25) is 0 Å². The quantitative estimate of drug-likeness (QED) is 0.709. The number of aliphatic hydroxyl groups is 1. The Kier molecular flexibility index (Phi) is 2.58. The molecule has 0 fully saturated rings. The van der Waals surface area contributed by atoms with E-state index in [9.17, 15) is 5.11 Å². The number of nitrogens with one attached hydrogen (secondary N) is 1. The van der Waals surface area contributed by atoms with E-state index >= 15 is 0 Å². The van der Waals surface area contributed by atoms with E-state index in [1.807, 2.05) is 18.2 Å². The fraction of sp³-hybridized carbons (Fsp3) is 0.0909. The van der Waals surface area contributed by atoms with E-state index < -0.39 is 6.10 Å². The maximum atomic E-state index is 10.1. The number of aliphatic hydroxyl groups excluding tert-OH is 1. The van der Waals surface area contributed by atoms with Crippen molar-refractivity contribution in [1.82, 2.24) is 25.3 Å². The van der Waals surface area contributed by atoms with Crippen LogP contribution >= 0.6 is 0 Å². The largest absolute Gasteiger partial charge is 0.378 e. The number of aromatic amines is 1. The average Bonchev–Trinajstić information content (AvgIpc) is 3.09. The summed E-state index contributed by atoms with van der Waals surface area (Å²) in [5.41, 5.74) is 0.685. The van der Waals surface area contributed by atoms with E-state index in [1.165, 1.54) is 6.33 Å². The van der Waals surface area contributed by atoms with Crippen LogP contribution in [-0.4, -0.2) is 30.4 Å². The van der Waals surface area contributed by atoms with Crippen LogP contribution in [0.4, 0.5) is 0 Å². The van der Waals surface area contributed by atoms with Gasteiger partial charge in [0.25, 0.3) is 5.89 Å². The second kappa shape index (κ2) is 4.38. The van der Waals surface area contributed by atoms with Gasteiger partial charge >= 0.3 is 0 Å². The summed E-state index contributed by atoms with van der Waals surface area (Å²) in [6, 6.07) is 9.08. The number of nitrogens with zero attached hydrogens (tertiary/aromatic N) is 4. The Morgan fingerprint density at radius 3 is 2.78 bits per heavy atom. The van der Waals surface area contributed by atoms with Crippen molar-refractivity contribution in [2.75, 3.05) is 0 Å². The first-order chi connectivity index (χ1) is 8.84. The lowest BCUT2D eigenvalue weighted by atomic mass is 10.1. The summed E-state index contributed by atoms with van der Waals surface area (Å²) < 4.78 is 5.01. The van der Waals surface area contributed by atoms with Gasteiger partial charge in [-0.1, -0.05) is 35.5 Å². The van der Waals surface area contributed by atoms with E-state index in [0.717, 1.165) is 0 Å². The van der Waals surface area contributed by atoms with Gasteiger partial charge in [-0.2, -0.15) is 10.1 Å². The lowest BCUT2D eigenvalue weighted by molar-refractivity contribution is 0.170. The first-order valence-corrected chi connectivity index (χ1v) is 5.27. The minimum atomic E-state index is -0.949. The topological polar surface area (TPSA) is 101 Å². The number of hydrogen-bond donors (Lipinski definition) is 2. The lowest BCUT2D eigenvalue weighted by Gasteiger charge is -2.04. The van der Waals surface area contributed by atoms with E-state index in [4.69, 9.17) is 4.52 Å². The zero-order valence-electron chi connectivity index (χ0n) is 9.19. The first-order valence-electron chi connectivity index (χ1n) is 5.27. The Hall–Kier alpha value is -2.54. The molecule has 0 spiro atoms. The summed E-state index contributed by atoms with van der Waals surface area (Å²) in [7, 11) is 0. The summed E-state index contributed by atoms with van der Waals surface area (Å²) >= 11 is 0. The van der Waals surface area contributed by atoms with Crippen LogP contribution in [0.5, 0.6) is 0 Å². The molecule has 2 aromatic heterocycles. The highest BCUT2D eigenvalue weighted by atomic mass is 16.5. The Bertz CT molecular complexity index is 620. The molecular formula is C11H9N5O2. The standard InChI is InChI=1S/C11H9N5O2/c17-8(7-4-2-1-3-5-7)11-14-10(16-18-11)9-12-6-13-15-9/h1-6,8,17H,(H,12,13,15). The van der Waals surface area contributed by atoms with Crippen LogP contribution in [0.25, 0.3) is 11.6 Å². The molecule has 0 saturated carbocycles. The Balaban J connectivity index is 1.90. The molecule has 2 heterocycles. The maximum Gasteiger partial charge on any atom is 0.260 e. The van der Waals surface area contributed by atoms with Crippen LogP contribution in [0, 0.1) is 0 Å². The van der Waals surface area contributed by atoms with Crippen molar-refractivity contribution in [3.63, 3.8) is 0 Å². The molecule has 1 aromatic carbocycles. The number of rotatable bonds is 3. The third-order valence-corrected chi connectivity index (χ3v) is 2.42. The van der Waals surface area contributed by atoms with Gasteiger partial charge in [0, 0.05) is 0 Å². The average molecular weight is 243 g/mol. The van der Waals surface area contributed by atoms with Crippen molar-refractivity contribution >= 4 is 0 Å². The van der Waals surface area contributed by atoms with E-state index in [2.05, 4.69) is 25.3 Å².